The van der Waals surface area contributed by atoms with E-state index in [2.05, 4.69) is 5.32 Å². The summed E-state index contributed by atoms with van der Waals surface area (Å²) < 4.78 is 13.1. The molecule has 4 nitrogen and oxygen atoms in total. The number of aliphatic carboxylic acids is 1. The Balaban J connectivity index is 2.82. The number of benzene rings is 1. The van der Waals surface area contributed by atoms with E-state index in [-0.39, 0.29) is 5.56 Å². The second kappa shape index (κ2) is 5.62. The highest BCUT2D eigenvalue weighted by Crippen LogP contribution is 2.11. The number of carboxylic acids is 1. The van der Waals surface area contributed by atoms with Crippen molar-refractivity contribution in [2.75, 3.05) is 0 Å². The van der Waals surface area contributed by atoms with Crippen molar-refractivity contribution in [3.8, 4) is 0 Å². The Hall–Kier alpha value is -1.91. The summed E-state index contributed by atoms with van der Waals surface area (Å²) in [5, 5.41) is 11.4. The standard InChI is InChI=1S/C13H16FNO3/c1-7-4-5-10(14)6-11(7)12(16)15-9(3)8(2)13(17)18/h4-6,8-9H,1-3H3,(H,15,16)(H,17,18). The number of carboxylic acid groups (broad SMARTS) is 1. The number of amides is 1. The van der Waals surface area contributed by atoms with Gasteiger partial charge in [-0.2, -0.15) is 0 Å². The number of rotatable bonds is 4. The third kappa shape index (κ3) is 3.29. The van der Waals surface area contributed by atoms with Crippen LogP contribution in [0.3, 0.4) is 0 Å². The average Bonchev–Trinajstić information content (AvgIpc) is 2.30. The van der Waals surface area contributed by atoms with Crippen LogP contribution in [0.1, 0.15) is 29.8 Å². The lowest BCUT2D eigenvalue weighted by Crippen LogP contribution is -2.40. The van der Waals surface area contributed by atoms with Crippen molar-refractivity contribution in [3.05, 3.63) is 35.1 Å². The minimum absolute atomic E-state index is 0.222. The number of carbonyl (C=O) groups is 2. The van der Waals surface area contributed by atoms with Gasteiger partial charge in [-0.25, -0.2) is 4.39 Å². The topological polar surface area (TPSA) is 66.4 Å². The van der Waals surface area contributed by atoms with Crippen molar-refractivity contribution in [1.29, 1.82) is 0 Å². The SMILES string of the molecule is Cc1ccc(F)cc1C(=O)NC(C)C(C)C(=O)O. The smallest absolute Gasteiger partial charge is 0.308 e. The predicted molar refractivity (Wildman–Crippen MR) is 64.9 cm³/mol. The number of aryl methyl sites for hydroxylation is 1. The average molecular weight is 253 g/mol. The lowest BCUT2D eigenvalue weighted by atomic mass is 10.0. The van der Waals surface area contributed by atoms with Gasteiger partial charge in [0.25, 0.3) is 5.91 Å². The van der Waals surface area contributed by atoms with Gasteiger partial charge in [-0.05, 0) is 38.5 Å². The number of carbonyl (C=O) groups excluding carboxylic acids is 1. The van der Waals surface area contributed by atoms with E-state index in [1.807, 2.05) is 0 Å². The van der Waals surface area contributed by atoms with E-state index in [9.17, 15) is 14.0 Å². The highest BCUT2D eigenvalue weighted by molar-refractivity contribution is 5.96. The van der Waals surface area contributed by atoms with Crippen LogP contribution in [0.5, 0.6) is 0 Å². The molecule has 0 saturated carbocycles. The fraction of sp³-hybridized carbons (Fsp3) is 0.385. The molecule has 2 N–H and O–H groups in total. The van der Waals surface area contributed by atoms with Crippen LogP contribution in [-0.4, -0.2) is 23.0 Å². The summed E-state index contributed by atoms with van der Waals surface area (Å²) in [7, 11) is 0. The Kier molecular flexibility index (Phi) is 4.42. The van der Waals surface area contributed by atoms with Gasteiger partial charge in [-0.3, -0.25) is 9.59 Å². The zero-order valence-electron chi connectivity index (χ0n) is 10.5. The third-order valence-corrected chi connectivity index (χ3v) is 2.94. The monoisotopic (exact) mass is 253 g/mol. The van der Waals surface area contributed by atoms with Crippen molar-refractivity contribution in [3.63, 3.8) is 0 Å². The van der Waals surface area contributed by atoms with Gasteiger partial charge >= 0.3 is 5.97 Å². The first-order valence-electron chi connectivity index (χ1n) is 5.62. The van der Waals surface area contributed by atoms with E-state index in [1.165, 1.54) is 19.1 Å². The maximum absolute atomic E-state index is 13.1. The molecule has 0 spiro atoms. The number of nitrogens with one attached hydrogen (secondary N) is 1. The summed E-state index contributed by atoms with van der Waals surface area (Å²) in [5.41, 5.74) is 0.864. The number of hydrogen-bond donors (Lipinski definition) is 2. The minimum atomic E-state index is -0.987. The van der Waals surface area contributed by atoms with Crippen LogP contribution in [-0.2, 0) is 4.79 Å². The fourth-order valence-electron chi connectivity index (χ4n) is 1.46. The van der Waals surface area contributed by atoms with Gasteiger partial charge in [0.15, 0.2) is 0 Å². The van der Waals surface area contributed by atoms with Gasteiger partial charge in [-0.1, -0.05) is 6.07 Å². The highest BCUT2D eigenvalue weighted by Gasteiger charge is 2.22. The summed E-state index contributed by atoms with van der Waals surface area (Å²) >= 11 is 0. The van der Waals surface area contributed by atoms with Crippen molar-refractivity contribution in [2.24, 2.45) is 5.92 Å². The molecule has 0 heterocycles. The zero-order valence-corrected chi connectivity index (χ0v) is 10.5. The summed E-state index contributed by atoms with van der Waals surface area (Å²) in [5.74, 6) is -2.65. The fourth-order valence-corrected chi connectivity index (χ4v) is 1.46. The van der Waals surface area contributed by atoms with Crippen molar-refractivity contribution >= 4 is 11.9 Å². The number of halogens is 1. The summed E-state index contributed by atoms with van der Waals surface area (Å²) in [6, 6.07) is 3.39. The highest BCUT2D eigenvalue weighted by atomic mass is 19.1. The molecule has 2 unspecified atom stereocenters. The molecule has 1 rings (SSSR count). The molecule has 18 heavy (non-hydrogen) atoms. The quantitative estimate of drug-likeness (QED) is 0.862. The molecule has 0 aromatic heterocycles. The normalized spacial score (nSPS) is 13.8. The van der Waals surface area contributed by atoms with E-state index >= 15 is 0 Å². The van der Waals surface area contributed by atoms with Gasteiger partial charge in [0.1, 0.15) is 5.82 Å². The molecule has 0 aliphatic heterocycles. The minimum Gasteiger partial charge on any atom is -0.481 e. The van der Waals surface area contributed by atoms with Crippen LogP contribution in [0.2, 0.25) is 0 Å². The number of hydrogen-bond acceptors (Lipinski definition) is 2. The first-order chi connectivity index (χ1) is 8.32. The molecule has 1 amide bonds. The van der Waals surface area contributed by atoms with Crippen LogP contribution in [0.25, 0.3) is 0 Å². The second-order valence-electron chi connectivity index (χ2n) is 4.35. The van der Waals surface area contributed by atoms with Crippen molar-refractivity contribution < 1.29 is 19.1 Å². The van der Waals surface area contributed by atoms with Crippen molar-refractivity contribution in [1.82, 2.24) is 5.32 Å². The van der Waals surface area contributed by atoms with Gasteiger partial charge in [-0.15, -0.1) is 0 Å². The first-order valence-corrected chi connectivity index (χ1v) is 5.62. The van der Waals surface area contributed by atoms with Gasteiger partial charge in [0.2, 0.25) is 0 Å². The molecule has 98 valence electrons. The maximum Gasteiger partial charge on any atom is 0.308 e. The Morgan fingerprint density at radius 1 is 1.33 bits per heavy atom. The van der Waals surface area contributed by atoms with Crippen LogP contribution < -0.4 is 5.32 Å². The molecule has 1 aromatic rings. The lowest BCUT2D eigenvalue weighted by Gasteiger charge is -2.18. The van der Waals surface area contributed by atoms with E-state index in [0.717, 1.165) is 6.07 Å². The van der Waals surface area contributed by atoms with Crippen LogP contribution in [0, 0.1) is 18.7 Å². The third-order valence-electron chi connectivity index (χ3n) is 2.94. The maximum atomic E-state index is 13.1. The van der Waals surface area contributed by atoms with E-state index < -0.39 is 29.7 Å². The van der Waals surface area contributed by atoms with Gasteiger partial charge in [0, 0.05) is 11.6 Å². The van der Waals surface area contributed by atoms with E-state index in [4.69, 9.17) is 5.11 Å². The second-order valence-corrected chi connectivity index (χ2v) is 4.35. The molecule has 1 aromatic carbocycles. The molecule has 5 heteroatoms. The molecule has 2 atom stereocenters. The Labute approximate surface area is 105 Å². The predicted octanol–water partition coefficient (Wildman–Crippen LogP) is 1.97. The summed E-state index contributed by atoms with van der Waals surface area (Å²) in [6.45, 7) is 4.80. The van der Waals surface area contributed by atoms with E-state index in [1.54, 1.807) is 13.8 Å². The van der Waals surface area contributed by atoms with Crippen LogP contribution in [0.4, 0.5) is 4.39 Å². The molecule has 0 bridgehead atoms. The largest absolute Gasteiger partial charge is 0.481 e. The zero-order chi connectivity index (χ0) is 13.9. The van der Waals surface area contributed by atoms with Crippen LogP contribution >= 0.6 is 0 Å². The molecule has 0 saturated heterocycles. The Bertz CT molecular complexity index is 473. The summed E-state index contributed by atoms with van der Waals surface area (Å²) in [6.07, 6.45) is 0. The Morgan fingerprint density at radius 2 is 1.94 bits per heavy atom. The van der Waals surface area contributed by atoms with Crippen LogP contribution in [0.15, 0.2) is 18.2 Å². The molecular formula is C13H16FNO3. The molecule has 0 fully saturated rings. The lowest BCUT2D eigenvalue weighted by molar-refractivity contribution is -0.141. The summed E-state index contributed by atoms with van der Waals surface area (Å²) in [4.78, 5) is 22.7. The molecule has 0 radical (unpaired) electrons. The first kappa shape index (κ1) is 14.2. The van der Waals surface area contributed by atoms with E-state index in [0.29, 0.717) is 5.56 Å². The van der Waals surface area contributed by atoms with Crippen molar-refractivity contribution in [2.45, 2.75) is 26.8 Å². The van der Waals surface area contributed by atoms with Gasteiger partial charge in [0.05, 0.1) is 5.92 Å². The molecule has 0 aliphatic carbocycles. The Morgan fingerprint density at radius 3 is 2.50 bits per heavy atom. The van der Waals surface area contributed by atoms with Gasteiger partial charge < -0.3 is 10.4 Å². The molecule has 0 aliphatic rings. The molecular weight excluding hydrogens is 237 g/mol.